The molecule has 2 heterocycles. The number of methoxy groups -OCH3 is 1. The van der Waals surface area contributed by atoms with E-state index in [9.17, 15) is 9.59 Å². The predicted octanol–water partition coefficient (Wildman–Crippen LogP) is 3.28. The van der Waals surface area contributed by atoms with Crippen molar-refractivity contribution >= 4 is 11.9 Å². The third-order valence-corrected chi connectivity index (χ3v) is 9.32. The fourth-order valence-electron chi connectivity index (χ4n) is 8.84. The van der Waals surface area contributed by atoms with Crippen molar-refractivity contribution in [3.05, 3.63) is 60.2 Å². The Bertz CT molecular complexity index is 951. The number of ether oxygens (including phenoxy) is 2. The van der Waals surface area contributed by atoms with Crippen molar-refractivity contribution in [2.45, 2.75) is 23.9 Å². The first-order valence-corrected chi connectivity index (χ1v) is 10.9. The number of esters is 2. The maximum atomic E-state index is 14.0. The Hall–Kier alpha value is -2.36. The highest BCUT2D eigenvalue weighted by Gasteiger charge is 2.84. The average Bonchev–Trinajstić information content (AvgIpc) is 3.54. The van der Waals surface area contributed by atoms with Gasteiger partial charge in [-0.1, -0.05) is 54.6 Å². The smallest absolute Gasteiger partial charge is 0.350 e. The molecule has 1 aromatic carbocycles. The summed E-state index contributed by atoms with van der Waals surface area (Å²) >= 11 is 0. The van der Waals surface area contributed by atoms with Gasteiger partial charge < -0.3 is 9.47 Å². The molecule has 5 aliphatic carbocycles. The van der Waals surface area contributed by atoms with Crippen LogP contribution in [0, 0.1) is 47.3 Å². The van der Waals surface area contributed by atoms with Crippen LogP contribution in [-0.2, 0) is 24.5 Å². The fraction of sp³-hybridized carbons (Fsp3) is 0.520. The molecule has 0 spiro atoms. The Morgan fingerprint density at radius 1 is 0.897 bits per heavy atom. The van der Waals surface area contributed by atoms with Gasteiger partial charge in [0.1, 0.15) is 5.41 Å². The van der Waals surface area contributed by atoms with E-state index in [1.165, 1.54) is 7.11 Å². The zero-order valence-corrected chi connectivity index (χ0v) is 16.4. The van der Waals surface area contributed by atoms with Crippen molar-refractivity contribution in [3.8, 4) is 0 Å². The molecule has 148 valence electrons. The Morgan fingerprint density at radius 3 is 1.93 bits per heavy atom. The standard InChI is InChI=1S/C25H24O4/c1-28-23(27)25-20-15-9-7-13(11-15)18(20)24(22(26)29-25,17-5-3-2-4-6-17)19-14-8-10-16(12-14)21(19)25/h2-10,13-16,18-21H,11-12H2,1H3/t13-,14+,15+,16-,18+,19-,20-,21+,24?,25?. The third-order valence-electron chi connectivity index (χ3n) is 9.32. The molecule has 2 saturated heterocycles. The van der Waals surface area contributed by atoms with Crippen LogP contribution in [0.1, 0.15) is 18.4 Å². The number of benzene rings is 1. The first-order chi connectivity index (χ1) is 14.1. The molecular weight excluding hydrogens is 364 g/mol. The normalized spacial score (nSPS) is 51.8. The molecule has 4 heteroatoms. The van der Waals surface area contributed by atoms with Gasteiger partial charge in [-0.2, -0.15) is 0 Å². The number of carbonyl (C=O) groups is 2. The molecule has 2 aliphatic heterocycles. The van der Waals surface area contributed by atoms with E-state index in [0.29, 0.717) is 11.8 Å². The number of rotatable bonds is 2. The van der Waals surface area contributed by atoms with Crippen molar-refractivity contribution in [2.75, 3.05) is 7.11 Å². The second-order valence-electron chi connectivity index (χ2n) is 9.91. The van der Waals surface area contributed by atoms with E-state index in [4.69, 9.17) is 9.47 Å². The van der Waals surface area contributed by atoms with Crippen LogP contribution in [0.4, 0.5) is 0 Å². The molecule has 0 radical (unpaired) electrons. The molecule has 0 N–H and O–H groups in total. The zero-order valence-electron chi connectivity index (χ0n) is 16.4. The molecule has 29 heavy (non-hydrogen) atoms. The van der Waals surface area contributed by atoms with E-state index in [-0.39, 0.29) is 47.4 Å². The fourth-order valence-corrected chi connectivity index (χ4v) is 8.84. The minimum Gasteiger partial charge on any atom is -0.466 e. The highest BCUT2D eigenvalue weighted by atomic mass is 16.6. The summed E-state index contributed by atoms with van der Waals surface area (Å²) in [5.41, 5.74) is -0.720. The second-order valence-corrected chi connectivity index (χ2v) is 9.91. The van der Waals surface area contributed by atoms with Gasteiger partial charge in [-0.25, -0.2) is 4.79 Å². The van der Waals surface area contributed by atoms with Crippen molar-refractivity contribution in [1.29, 1.82) is 0 Å². The number of hydrogen-bond acceptors (Lipinski definition) is 4. The maximum absolute atomic E-state index is 14.0. The molecule has 10 atom stereocenters. The topological polar surface area (TPSA) is 52.6 Å². The van der Waals surface area contributed by atoms with Crippen molar-refractivity contribution in [1.82, 2.24) is 0 Å². The van der Waals surface area contributed by atoms with Crippen LogP contribution in [0.3, 0.4) is 0 Å². The predicted molar refractivity (Wildman–Crippen MR) is 104 cm³/mol. The van der Waals surface area contributed by atoms with Crippen LogP contribution in [-0.4, -0.2) is 24.6 Å². The molecular formula is C25H24O4. The minimum atomic E-state index is -1.13. The summed E-state index contributed by atoms with van der Waals surface area (Å²) in [6, 6.07) is 10.3. The molecule has 3 saturated carbocycles. The van der Waals surface area contributed by atoms with E-state index >= 15 is 0 Å². The van der Waals surface area contributed by atoms with Crippen LogP contribution in [0.5, 0.6) is 0 Å². The van der Waals surface area contributed by atoms with Gasteiger partial charge in [0.05, 0.1) is 7.11 Å². The monoisotopic (exact) mass is 388 g/mol. The van der Waals surface area contributed by atoms with Crippen molar-refractivity contribution in [3.63, 3.8) is 0 Å². The van der Waals surface area contributed by atoms with Gasteiger partial charge >= 0.3 is 11.9 Å². The number of allylic oxidation sites excluding steroid dienone is 4. The third kappa shape index (κ3) is 1.53. The zero-order chi connectivity index (χ0) is 19.5. The van der Waals surface area contributed by atoms with Crippen LogP contribution in [0.2, 0.25) is 0 Å². The molecule has 0 amide bonds. The van der Waals surface area contributed by atoms with Gasteiger partial charge in [-0.05, 0) is 53.9 Å². The summed E-state index contributed by atoms with van der Waals surface area (Å²) in [6.45, 7) is 0. The van der Waals surface area contributed by atoms with Crippen LogP contribution in [0.25, 0.3) is 0 Å². The summed E-state index contributed by atoms with van der Waals surface area (Å²) in [7, 11) is 1.44. The van der Waals surface area contributed by atoms with Crippen LogP contribution in [0.15, 0.2) is 54.6 Å². The lowest BCUT2D eigenvalue weighted by Gasteiger charge is -2.66. The van der Waals surface area contributed by atoms with Gasteiger partial charge in [-0.15, -0.1) is 0 Å². The van der Waals surface area contributed by atoms with E-state index in [1.807, 2.05) is 18.2 Å². The van der Waals surface area contributed by atoms with Gasteiger partial charge in [0.25, 0.3) is 0 Å². The molecule has 4 nitrogen and oxygen atoms in total. The largest absolute Gasteiger partial charge is 0.466 e. The summed E-state index contributed by atoms with van der Waals surface area (Å²) in [6.07, 6.45) is 11.2. The Balaban J connectivity index is 1.57. The molecule has 6 bridgehead atoms. The van der Waals surface area contributed by atoms with Crippen LogP contribution < -0.4 is 0 Å². The molecule has 5 fully saturated rings. The highest BCUT2D eigenvalue weighted by molar-refractivity contribution is 5.95. The summed E-state index contributed by atoms with van der Waals surface area (Å²) in [5, 5.41) is 0. The molecule has 0 aromatic heterocycles. The number of hydrogen-bond donors (Lipinski definition) is 0. The molecule has 1 aromatic rings. The van der Waals surface area contributed by atoms with Gasteiger partial charge in [-0.3, -0.25) is 4.79 Å². The summed E-state index contributed by atoms with van der Waals surface area (Å²) in [4.78, 5) is 27.4. The lowest BCUT2D eigenvalue weighted by molar-refractivity contribution is -0.263. The maximum Gasteiger partial charge on any atom is 0.350 e. The SMILES string of the molecule is COC(=O)C12OC(=O)C(c3ccccc3)([C@@H]3[C@H]1[C@H]1C=C[C@@H]3C1)[C@H]1[C@@H]2[C@@H]2C=C[C@H]1C2. The quantitative estimate of drug-likeness (QED) is 0.576. The summed E-state index contributed by atoms with van der Waals surface area (Å²) < 4.78 is 11.7. The molecule has 7 aliphatic rings. The average molecular weight is 388 g/mol. The molecule has 8 rings (SSSR count). The first-order valence-electron chi connectivity index (χ1n) is 10.9. The van der Waals surface area contributed by atoms with Crippen molar-refractivity contribution < 1.29 is 19.1 Å². The number of fused-ring (bicyclic) bond motifs is 5. The van der Waals surface area contributed by atoms with Crippen molar-refractivity contribution in [2.24, 2.45) is 47.3 Å². The highest BCUT2D eigenvalue weighted by Crippen LogP contribution is 2.76. The second kappa shape index (κ2) is 5.03. The first kappa shape index (κ1) is 16.4. The van der Waals surface area contributed by atoms with Gasteiger partial charge in [0.15, 0.2) is 0 Å². The van der Waals surface area contributed by atoms with E-state index in [2.05, 4.69) is 36.4 Å². The Labute approximate surface area is 170 Å². The lowest BCUT2D eigenvalue weighted by atomic mass is 9.40. The molecule has 2 unspecified atom stereocenters. The lowest BCUT2D eigenvalue weighted by Crippen LogP contribution is -2.78. The van der Waals surface area contributed by atoms with Gasteiger partial charge in [0, 0.05) is 11.8 Å². The van der Waals surface area contributed by atoms with E-state index < -0.39 is 11.0 Å². The Morgan fingerprint density at radius 2 is 1.41 bits per heavy atom. The number of carbonyl (C=O) groups excluding carboxylic acids is 2. The minimum absolute atomic E-state index is 0.0110. The van der Waals surface area contributed by atoms with Crippen LogP contribution >= 0.6 is 0 Å². The van der Waals surface area contributed by atoms with Gasteiger partial charge in [0.2, 0.25) is 5.60 Å². The Kier molecular flexibility index (Phi) is 2.85. The van der Waals surface area contributed by atoms with E-state index in [1.54, 1.807) is 0 Å². The van der Waals surface area contributed by atoms with E-state index in [0.717, 1.165) is 18.4 Å². The summed E-state index contributed by atoms with van der Waals surface area (Å²) in [5.74, 6) is 0.917.